The molecule has 0 radical (unpaired) electrons. The lowest BCUT2D eigenvalue weighted by Gasteiger charge is -2.35. The number of benzene rings is 1. The van der Waals surface area contributed by atoms with Gasteiger partial charge < -0.3 is 15.4 Å². The minimum absolute atomic E-state index is 0.0708. The number of carbonyl (C=O) groups is 1. The van der Waals surface area contributed by atoms with E-state index in [1.807, 2.05) is 27.7 Å². The van der Waals surface area contributed by atoms with Crippen LogP contribution in [0.2, 0.25) is 0 Å². The monoisotopic (exact) mass is 319 g/mol. The summed E-state index contributed by atoms with van der Waals surface area (Å²) in [5.74, 6) is 0. The van der Waals surface area contributed by atoms with E-state index in [0.29, 0.717) is 13.1 Å². The first kappa shape index (κ1) is 17.8. The number of hydrogen-bond donors (Lipinski definition) is 1. The van der Waals surface area contributed by atoms with E-state index < -0.39 is 5.60 Å². The smallest absolute Gasteiger partial charge is 0.410 e. The second-order valence-electron chi connectivity index (χ2n) is 7.27. The topological polar surface area (TPSA) is 58.8 Å². The van der Waals surface area contributed by atoms with E-state index in [4.69, 9.17) is 10.5 Å². The van der Waals surface area contributed by atoms with Crippen LogP contribution in [-0.4, -0.2) is 47.7 Å². The first-order chi connectivity index (χ1) is 10.7. The Morgan fingerprint density at radius 1 is 1.17 bits per heavy atom. The zero-order chi connectivity index (χ0) is 17.0. The van der Waals surface area contributed by atoms with E-state index in [2.05, 4.69) is 29.2 Å². The van der Waals surface area contributed by atoms with E-state index in [0.717, 1.165) is 25.2 Å². The Balaban J connectivity index is 1.81. The summed E-state index contributed by atoms with van der Waals surface area (Å²) in [5.41, 5.74) is 7.88. The summed E-state index contributed by atoms with van der Waals surface area (Å²) in [5, 5.41) is 0. The Morgan fingerprint density at radius 3 is 2.22 bits per heavy atom. The molecule has 2 rings (SSSR count). The lowest BCUT2D eigenvalue weighted by atomic mass is 10.1. The van der Waals surface area contributed by atoms with Crippen LogP contribution in [0.1, 0.15) is 44.9 Å². The van der Waals surface area contributed by atoms with E-state index in [1.165, 1.54) is 5.56 Å². The molecule has 1 amide bonds. The molecule has 0 saturated carbocycles. The third kappa shape index (κ3) is 5.52. The average Bonchev–Trinajstić information content (AvgIpc) is 2.46. The molecule has 1 aromatic carbocycles. The van der Waals surface area contributed by atoms with Crippen molar-refractivity contribution in [2.45, 2.75) is 45.9 Å². The van der Waals surface area contributed by atoms with Gasteiger partial charge in [0.1, 0.15) is 5.60 Å². The average molecular weight is 319 g/mol. The fourth-order valence-corrected chi connectivity index (χ4v) is 2.60. The number of carbonyl (C=O) groups excluding carboxylic acids is 1. The lowest BCUT2D eigenvalue weighted by Crippen LogP contribution is -2.49. The van der Waals surface area contributed by atoms with Gasteiger partial charge in [0.15, 0.2) is 0 Å². The van der Waals surface area contributed by atoms with Crippen LogP contribution in [0.3, 0.4) is 0 Å². The van der Waals surface area contributed by atoms with Gasteiger partial charge in [-0.25, -0.2) is 4.79 Å². The Labute approximate surface area is 139 Å². The second kappa shape index (κ2) is 7.32. The van der Waals surface area contributed by atoms with Crippen molar-refractivity contribution in [2.24, 2.45) is 5.73 Å². The molecule has 1 aromatic rings. The largest absolute Gasteiger partial charge is 0.444 e. The maximum absolute atomic E-state index is 12.1. The summed E-state index contributed by atoms with van der Waals surface area (Å²) >= 11 is 0. The van der Waals surface area contributed by atoms with Crippen molar-refractivity contribution in [1.82, 2.24) is 9.80 Å². The molecular weight excluding hydrogens is 290 g/mol. The van der Waals surface area contributed by atoms with Gasteiger partial charge in [0.2, 0.25) is 0 Å². The molecule has 5 nitrogen and oxygen atoms in total. The van der Waals surface area contributed by atoms with Gasteiger partial charge >= 0.3 is 6.09 Å². The summed E-state index contributed by atoms with van der Waals surface area (Å²) in [7, 11) is 0. The maximum atomic E-state index is 12.1. The highest BCUT2D eigenvalue weighted by atomic mass is 16.6. The Morgan fingerprint density at radius 2 is 1.74 bits per heavy atom. The SMILES string of the molecule is C[C@H](N)c1ccc(CN2CCN(C(=O)OC(C)(C)C)CC2)cc1. The molecule has 128 valence electrons. The van der Waals surface area contributed by atoms with E-state index in [9.17, 15) is 4.79 Å². The first-order valence-electron chi connectivity index (χ1n) is 8.29. The first-order valence-corrected chi connectivity index (χ1v) is 8.29. The molecule has 0 aromatic heterocycles. The van der Waals surface area contributed by atoms with Crippen LogP contribution in [0, 0.1) is 0 Å². The van der Waals surface area contributed by atoms with Gasteiger partial charge in [-0.1, -0.05) is 24.3 Å². The van der Waals surface area contributed by atoms with Gasteiger partial charge in [0.05, 0.1) is 0 Å². The van der Waals surface area contributed by atoms with E-state index in [1.54, 1.807) is 4.90 Å². The summed E-state index contributed by atoms with van der Waals surface area (Å²) in [6.07, 6.45) is -0.210. The molecule has 5 heteroatoms. The van der Waals surface area contributed by atoms with Crippen molar-refractivity contribution in [3.05, 3.63) is 35.4 Å². The molecule has 0 spiro atoms. The molecule has 1 heterocycles. The molecule has 0 unspecified atom stereocenters. The molecule has 1 aliphatic heterocycles. The Hall–Kier alpha value is -1.59. The number of nitrogens with two attached hydrogens (primary N) is 1. The van der Waals surface area contributed by atoms with Gasteiger partial charge in [-0.2, -0.15) is 0 Å². The van der Waals surface area contributed by atoms with Gasteiger partial charge in [-0.3, -0.25) is 4.90 Å². The maximum Gasteiger partial charge on any atom is 0.410 e. The van der Waals surface area contributed by atoms with Gasteiger partial charge in [0, 0.05) is 38.8 Å². The number of nitrogens with zero attached hydrogens (tertiary/aromatic N) is 2. The predicted molar refractivity (Wildman–Crippen MR) is 92.1 cm³/mol. The zero-order valence-corrected chi connectivity index (χ0v) is 14.7. The van der Waals surface area contributed by atoms with Crippen molar-refractivity contribution < 1.29 is 9.53 Å². The van der Waals surface area contributed by atoms with Crippen LogP contribution in [0.15, 0.2) is 24.3 Å². The number of ether oxygens (including phenoxy) is 1. The minimum Gasteiger partial charge on any atom is -0.444 e. The number of rotatable bonds is 3. The molecule has 0 aliphatic carbocycles. The molecular formula is C18H29N3O2. The second-order valence-corrected chi connectivity index (χ2v) is 7.27. The van der Waals surface area contributed by atoms with Crippen molar-refractivity contribution in [1.29, 1.82) is 0 Å². The summed E-state index contributed by atoms with van der Waals surface area (Å²) in [4.78, 5) is 16.2. The van der Waals surface area contributed by atoms with Gasteiger partial charge in [-0.05, 0) is 38.8 Å². The minimum atomic E-state index is -0.434. The molecule has 1 aliphatic rings. The van der Waals surface area contributed by atoms with Crippen LogP contribution in [-0.2, 0) is 11.3 Å². The highest BCUT2D eigenvalue weighted by molar-refractivity contribution is 5.68. The fourth-order valence-electron chi connectivity index (χ4n) is 2.60. The van der Waals surface area contributed by atoms with Crippen LogP contribution in [0.25, 0.3) is 0 Å². The number of piperazine rings is 1. The normalized spacial score (nSPS) is 17.9. The third-order valence-corrected chi connectivity index (χ3v) is 3.94. The third-order valence-electron chi connectivity index (χ3n) is 3.94. The van der Waals surface area contributed by atoms with Crippen molar-refractivity contribution >= 4 is 6.09 Å². The Kier molecular flexibility index (Phi) is 5.65. The highest BCUT2D eigenvalue weighted by Crippen LogP contribution is 2.15. The highest BCUT2D eigenvalue weighted by Gasteiger charge is 2.25. The van der Waals surface area contributed by atoms with Crippen molar-refractivity contribution in [2.75, 3.05) is 26.2 Å². The molecule has 0 bridgehead atoms. The Bertz CT molecular complexity index is 512. The summed E-state index contributed by atoms with van der Waals surface area (Å²) in [6, 6.07) is 8.53. The molecule has 23 heavy (non-hydrogen) atoms. The summed E-state index contributed by atoms with van der Waals surface area (Å²) in [6.45, 7) is 11.8. The van der Waals surface area contributed by atoms with Crippen molar-refractivity contribution in [3.8, 4) is 0 Å². The van der Waals surface area contributed by atoms with Crippen LogP contribution < -0.4 is 5.73 Å². The zero-order valence-electron chi connectivity index (χ0n) is 14.7. The molecule has 1 saturated heterocycles. The van der Waals surface area contributed by atoms with Gasteiger partial charge in [-0.15, -0.1) is 0 Å². The summed E-state index contributed by atoms with van der Waals surface area (Å²) < 4.78 is 5.42. The number of amides is 1. The quantitative estimate of drug-likeness (QED) is 0.930. The molecule has 1 fully saturated rings. The van der Waals surface area contributed by atoms with Crippen LogP contribution in [0.5, 0.6) is 0 Å². The van der Waals surface area contributed by atoms with E-state index >= 15 is 0 Å². The number of hydrogen-bond acceptors (Lipinski definition) is 4. The lowest BCUT2D eigenvalue weighted by molar-refractivity contribution is 0.0139. The van der Waals surface area contributed by atoms with Crippen molar-refractivity contribution in [3.63, 3.8) is 0 Å². The molecule has 2 N–H and O–H groups in total. The van der Waals surface area contributed by atoms with Gasteiger partial charge in [0.25, 0.3) is 0 Å². The van der Waals surface area contributed by atoms with E-state index in [-0.39, 0.29) is 12.1 Å². The fraction of sp³-hybridized carbons (Fsp3) is 0.611. The standard InChI is InChI=1S/C18H29N3O2/c1-14(19)16-7-5-15(6-8-16)13-20-9-11-21(12-10-20)17(22)23-18(2,3)4/h5-8,14H,9-13,19H2,1-4H3/t14-/m0/s1. The van der Waals surface area contributed by atoms with Crippen LogP contribution >= 0.6 is 0 Å². The molecule has 1 atom stereocenters. The van der Waals surface area contributed by atoms with Crippen LogP contribution in [0.4, 0.5) is 4.79 Å². The predicted octanol–water partition coefficient (Wildman–Crippen LogP) is 2.76.